The van der Waals surface area contributed by atoms with Gasteiger partial charge in [-0.25, -0.2) is 9.59 Å². The standard InChI is InChI=1S/C14H21N3O5/c1-2-22-13(21)15-10(18)9-17-11(19)14(16-12(17)20)7-5-3-4-6-8-14/h2-9H2,1H3,(H,16,20)(H,15,18,21). The SMILES string of the molecule is CCOC(=O)NC(=O)CN1C(=O)NC2(CCCCCC2)C1=O. The first-order valence-corrected chi connectivity index (χ1v) is 7.59. The molecule has 22 heavy (non-hydrogen) atoms. The number of carbonyl (C=O) groups excluding carboxylic acids is 4. The lowest BCUT2D eigenvalue weighted by atomic mass is 9.90. The highest BCUT2D eigenvalue weighted by Crippen LogP contribution is 2.32. The summed E-state index contributed by atoms with van der Waals surface area (Å²) in [5.74, 6) is -1.12. The van der Waals surface area contributed by atoms with Crippen LogP contribution >= 0.6 is 0 Å². The maximum atomic E-state index is 12.5. The highest BCUT2D eigenvalue weighted by Gasteiger charge is 2.51. The maximum Gasteiger partial charge on any atom is 0.413 e. The van der Waals surface area contributed by atoms with Gasteiger partial charge in [0.15, 0.2) is 0 Å². The summed E-state index contributed by atoms with van der Waals surface area (Å²) in [6.07, 6.45) is 4.11. The molecule has 1 aliphatic carbocycles. The molecule has 1 aliphatic heterocycles. The van der Waals surface area contributed by atoms with E-state index in [4.69, 9.17) is 0 Å². The number of ether oxygens (including phenoxy) is 1. The molecule has 0 aromatic rings. The number of nitrogens with one attached hydrogen (secondary N) is 2. The van der Waals surface area contributed by atoms with Crippen LogP contribution in [0.3, 0.4) is 0 Å². The van der Waals surface area contributed by atoms with Crippen LogP contribution < -0.4 is 10.6 Å². The van der Waals surface area contributed by atoms with E-state index in [0.29, 0.717) is 12.8 Å². The number of carbonyl (C=O) groups is 4. The number of hydrogen-bond acceptors (Lipinski definition) is 5. The Hall–Kier alpha value is -2.12. The topological polar surface area (TPSA) is 105 Å². The molecule has 122 valence electrons. The van der Waals surface area contributed by atoms with Crippen LogP contribution in [0.5, 0.6) is 0 Å². The Labute approximate surface area is 128 Å². The zero-order valence-corrected chi connectivity index (χ0v) is 12.6. The average molecular weight is 311 g/mol. The molecule has 0 unspecified atom stereocenters. The predicted octanol–water partition coefficient (Wildman–Crippen LogP) is 0.904. The van der Waals surface area contributed by atoms with Gasteiger partial charge in [-0.05, 0) is 19.8 Å². The Morgan fingerprint density at radius 2 is 1.86 bits per heavy atom. The zero-order valence-electron chi connectivity index (χ0n) is 12.6. The molecule has 2 N–H and O–H groups in total. The number of nitrogens with zero attached hydrogens (tertiary/aromatic N) is 1. The summed E-state index contributed by atoms with van der Waals surface area (Å²) in [4.78, 5) is 48.3. The summed E-state index contributed by atoms with van der Waals surface area (Å²) in [7, 11) is 0. The fourth-order valence-electron chi connectivity index (χ4n) is 2.95. The van der Waals surface area contributed by atoms with Gasteiger partial charge in [0.05, 0.1) is 6.61 Å². The number of imide groups is 2. The van der Waals surface area contributed by atoms with Crippen LogP contribution in [0, 0.1) is 0 Å². The number of amides is 5. The lowest BCUT2D eigenvalue weighted by Gasteiger charge is -2.24. The summed E-state index contributed by atoms with van der Waals surface area (Å²) < 4.78 is 4.58. The third-order valence-corrected chi connectivity index (χ3v) is 4.02. The summed E-state index contributed by atoms with van der Waals surface area (Å²) in [5, 5.41) is 4.71. The van der Waals surface area contributed by atoms with E-state index >= 15 is 0 Å². The van der Waals surface area contributed by atoms with Crippen molar-refractivity contribution < 1.29 is 23.9 Å². The second-order valence-corrected chi connectivity index (χ2v) is 5.59. The number of alkyl carbamates (subject to hydrolysis) is 1. The monoisotopic (exact) mass is 311 g/mol. The Morgan fingerprint density at radius 1 is 1.23 bits per heavy atom. The van der Waals surface area contributed by atoms with Crippen molar-refractivity contribution in [2.45, 2.75) is 51.0 Å². The van der Waals surface area contributed by atoms with Crippen LogP contribution in [0.1, 0.15) is 45.4 Å². The molecule has 1 saturated heterocycles. The van der Waals surface area contributed by atoms with Crippen molar-refractivity contribution in [1.29, 1.82) is 0 Å². The van der Waals surface area contributed by atoms with Gasteiger partial charge in [0, 0.05) is 0 Å². The summed E-state index contributed by atoms with van der Waals surface area (Å²) in [5.41, 5.74) is -0.877. The molecule has 0 radical (unpaired) electrons. The van der Waals surface area contributed by atoms with Crippen molar-refractivity contribution in [2.24, 2.45) is 0 Å². The lowest BCUT2D eigenvalue weighted by molar-refractivity contribution is -0.135. The van der Waals surface area contributed by atoms with E-state index < -0.39 is 30.1 Å². The third-order valence-electron chi connectivity index (χ3n) is 4.02. The van der Waals surface area contributed by atoms with Crippen molar-refractivity contribution >= 4 is 23.9 Å². The molecular formula is C14H21N3O5. The van der Waals surface area contributed by atoms with Gasteiger partial charge < -0.3 is 10.1 Å². The van der Waals surface area contributed by atoms with Crippen molar-refractivity contribution in [1.82, 2.24) is 15.5 Å². The number of rotatable bonds is 3. The Bertz CT molecular complexity index is 483. The molecule has 8 nitrogen and oxygen atoms in total. The second kappa shape index (κ2) is 6.76. The van der Waals surface area contributed by atoms with E-state index in [1.807, 2.05) is 5.32 Å². The Balaban J connectivity index is 1.99. The van der Waals surface area contributed by atoms with Crippen molar-refractivity contribution in [3.05, 3.63) is 0 Å². The highest BCUT2D eigenvalue weighted by molar-refractivity contribution is 6.09. The molecule has 0 aromatic carbocycles. The summed E-state index contributed by atoms with van der Waals surface area (Å²) >= 11 is 0. The number of hydrogen-bond donors (Lipinski definition) is 2. The minimum Gasteiger partial charge on any atom is -0.450 e. The first-order valence-electron chi connectivity index (χ1n) is 7.59. The first kappa shape index (κ1) is 16.3. The normalized spacial score (nSPS) is 20.5. The van der Waals surface area contributed by atoms with E-state index in [-0.39, 0.29) is 12.5 Å². The molecule has 2 aliphatic rings. The van der Waals surface area contributed by atoms with Crippen molar-refractivity contribution in [3.8, 4) is 0 Å². The molecule has 8 heteroatoms. The van der Waals surface area contributed by atoms with Crippen molar-refractivity contribution in [3.63, 3.8) is 0 Å². The smallest absolute Gasteiger partial charge is 0.413 e. The van der Waals surface area contributed by atoms with E-state index in [1.54, 1.807) is 6.92 Å². The molecule has 0 atom stereocenters. The number of urea groups is 1. The lowest BCUT2D eigenvalue weighted by Crippen LogP contribution is -2.47. The van der Waals surface area contributed by atoms with Crippen LogP contribution in [-0.2, 0) is 14.3 Å². The van der Waals surface area contributed by atoms with Gasteiger partial charge in [0.1, 0.15) is 12.1 Å². The highest BCUT2D eigenvalue weighted by atomic mass is 16.5. The van der Waals surface area contributed by atoms with Gasteiger partial charge in [-0.3, -0.25) is 19.8 Å². The average Bonchev–Trinajstić information content (AvgIpc) is 2.63. The predicted molar refractivity (Wildman–Crippen MR) is 75.8 cm³/mol. The van der Waals surface area contributed by atoms with Crippen LogP contribution in [0.15, 0.2) is 0 Å². The van der Waals surface area contributed by atoms with Gasteiger partial charge in [-0.2, -0.15) is 0 Å². The molecule has 0 bridgehead atoms. The molecule has 1 saturated carbocycles. The molecule has 0 aromatic heterocycles. The second-order valence-electron chi connectivity index (χ2n) is 5.59. The van der Waals surface area contributed by atoms with E-state index in [0.717, 1.165) is 30.6 Å². The third kappa shape index (κ3) is 3.37. The van der Waals surface area contributed by atoms with Crippen molar-refractivity contribution in [2.75, 3.05) is 13.2 Å². The van der Waals surface area contributed by atoms with Crippen LogP contribution in [0.4, 0.5) is 9.59 Å². The fourth-order valence-corrected chi connectivity index (χ4v) is 2.95. The van der Waals surface area contributed by atoms with Crippen LogP contribution in [0.2, 0.25) is 0 Å². The fraction of sp³-hybridized carbons (Fsp3) is 0.714. The quantitative estimate of drug-likeness (QED) is 0.754. The van der Waals surface area contributed by atoms with Gasteiger partial charge in [-0.1, -0.05) is 25.7 Å². The van der Waals surface area contributed by atoms with Crippen LogP contribution in [-0.4, -0.2) is 47.5 Å². The summed E-state index contributed by atoms with van der Waals surface area (Å²) in [6, 6.07) is -0.578. The van der Waals surface area contributed by atoms with Gasteiger partial charge >= 0.3 is 12.1 Å². The molecule has 2 rings (SSSR count). The maximum absolute atomic E-state index is 12.5. The minimum atomic E-state index is -0.885. The molecule has 1 spiro atoms. The minimum absolute atomic E-state index is 0.130. The summed E-state index contributed by atoms with van der Waals surface area (Å²) in [6.45, 7) is 1.26. The van der Waals surface area contributed by atoms with E-state index in [9.17, 15) is 19.2 Å². The molecular weight excluding hydrogens is 290 g/mol. The van der Waals surface area contributed by atoms with Crippen LogP contribution in [0.25, 0.3) is 0 Å². The van der Waals surface area contributed by atoms with Gasteiger partial charge in [0.2, 0.25) is 5.91 Å². The largest absolute Gasteiger partial charge is 0.450 e. The Kier molecular flexibility index (Phi) is 4.99. The first-order chi connectivity index (χ1) is 10.5. The molecule has 1 heterocycles. The van der Waals surface area contributed by atoms with Gasteiger partial charge in [-0.15, -0.1) is 0 Å². The molecule has 5 amide bonds. The zero-order chi connectivity index (χ0) is 16.2. The van der Waals surface area contributed by atoms with E-state index in [2.05, 4.69) is 10.1 Å². The Morgan fingerprint density at radius 3 is 2.45 bits per heavy atom. The molecule has 2 fully saturated rings. The van der Waals surface area contributed by atoms with E-state index in [1.165, 1.54) is 0 Å². The van der Waals surface area contributed by atoms with Gasteiger partial charge in [0.25, 0.3) is 5.91 Å².